The maximum absolute atomic E-state index is 12.8. The van der Waals surface area contributed by atoms with Gasteiger partial charge in [-0.05, 0) is 43.4 Å². The molecule has 26 heavy (non-hydrogen) atoms. The average molecular weight is 375 g/mol. The Morgan fingerprint density at radius 2 is 2.04 bits per heavy atom. The lowest BCUT2D eigenvalue weighted by Crippen LogP contribution is -2.60. The van der Waals surface area contributed by atoms with Crippen LogP contribution in [0.4, 0.5) is 0 Å². The minimum absolute atomic E-state index is 0.0919. The molecule has 140 valence electrons. The summed E-state index contributed by atoms with van der Waals surface area (Å²) < 4.78 is 17.6. The lowest BCUT2D eigenvalue weighted by atomic mass is 9.92. The van der Waals surface area contributed by atoms with Gasteiger partial charge in [0.1, 0.15) is 0 Å². The summed E-state index contributed by atoms with van der Waals surface area (Å²) in [6, 6.07) is 5.54. The van der Waals surface area contributed by atoms with Crippen molar-refractivity contribution in [3.8, 4) is 11.5 Å². The van der Waals surface area contributed by atoms with Crippen LogP contribution in [-0.2, 0) is 4.74 Å². The summed E-state index contributed by atoms with van der Waals surface area (Å²) in [4.78, 5) is 14.8. The van der Waals surface area contributed by atoms with E-state index in [1.807, 2.05) is 34.9 Å². The van der Waals surface area contributed by atoms with Gasteiger partial charge < -0.3 is 19.1 Å². The number of hydrogen-bond acceptors (Lipinski definition) is 5. The molecule has 3 fully saturated rings. The highest BCUT2D eigenvalue weighted by atomic mass is 32.2. The third kappa shape index (κ3) is 3.29. The summed E-state index contributed by atoms with van der Waals surface area (Å²) in [5.74, 6) is 3.40. The zero-order valence-corrected chi connectivity index (χ0v) is 15.8. The first-order valence-electron chi connectivity index (χ1n) is 9.65. The Morgan fingerprint density at radius 3 is 2.85 bits per heavy atom. The molecule has 0 radical (unpaired) electrons. The molecule has 0 N–H and O–H groups in total. The summed E-state index contributed by atoms with van der Waals surface area (Å²) in [5, 5.41) is 0. The van der Waals surface area contributed by atoms with Crippen molar-refractivity contribution >= 4 is 17.7 Å². The van der Waals surface area contributed by atoms with Crippen LogP contribution < -0.4 is 9.47 Å². The van der Waals surface area contributed by atoms with Crippen molar-refractivity contribution in [2.75, 3.05) is 38.7 Å². The van der Waals surface area contributed by atoms with Crippen LogP contribution in [0.15, 0.2) is 18.2 Å². The summed E-state index contributed by atoms with van der Waals surface area (Å²) in [5.41, 5.74) is 0.689. The van der Waals surface area contributed by atoms with E-state index in [0.717, 1.165) is 50.0 Å². The molecular weight excluding hydrogens is 350 g/mol. The van der Waals surface area contributed by atoms with E-state index in [2.05, 4.69) is 0 Å². The minimum Gasteiger partial charge on any atom is -0.490 e. The van der Waals surface area contributed by atoms with Crippen LogP contribution in [0.3, 0.4) is 0 Å². The first-order valence-corrected chi connectivity index (χ1v) is 10.6. The van der Waals surface area contributed by atoms with E-state index in [0.29, 0.717) is 30.6 Å². The van der Waals surface area contributed by atoms with Gasteiger partial charge in [0.05, 0.1) is 24.1 Å². The second-order valence-electron chi connectivity index (χ2n) is 7.97. The van der Waals surface area contributed by atoms with Gasteiger partial charge in [0.25, 0.3) is 5.91 Å². The molecule has 0 aromatic heterocycles. The Bertz CT molecular complexity index is 699. The molecule has 4 aliphatic rings. The van der Waals surface area contributed by atoms with Gasteiger partial charge in [-0.2, -0.15) is 0 Å². The Morgan fingerprint density at radius 1 is 1.23 bits per heavy atom. The van der Waals surface area contributed by atoms with E-state index in [-0.39, 0.29) is 10.7 Å². The molecule has 1 aromatic carbocycles. The lowest BCUT2D eigenvalue weighted by Gasteiger charge is -2.47. The molecule has 5 rings (SSSR count). The van der Waals surface area contributed by atoms with Crippen LogP contribution in [0.25, 0.3) is 0 Å². The molecule has 3 heterocycles. The van der Waals surface area contributed by atoms with Crippen molar-refractivity contribution in [3.63, 3.8) is 0 Å². The first-order chi connectivity index (χ1) is 12.7. The van der Waals surface area contributed by atoms with Crippen LogP contribution in [0, 0.1) is 5.92 Å². The number of likely N-dealkylation sites (tertiary alicyclic amines) is 1. The molecule has 1 aliphatic carbocycles. The molecule has 0 unspecified atom stereocenters. The number of hydrogen-bond donors (Lipinski definition) is 0. The third-order valence-corrected chi connectivity index (χ3v) is 7.26. The molecule has 2 saturated heterocycles. The Labute approximate surface area is 158 Å². The van der Waals surface area contributed by atoms with E-state index in [4.69, 9.17) is 14.2 Å². The summed E-state index contributed by atoms with van der Waals surface area (Å²) in [6.45, 7) is 3.89. The number of thioether (sulfide) groups is 1. The zero-order valence-electron chi connectivity index (χ0n) is 14.9. The van der Waals surface area contributed by atoms with E-state index < -0.39 is 0 Å². The zero-order chi connectivity index (χ0) is 17.6. The molecule has 3 aliphatic heterocycles. The number of benzene rings is 1. The predicted molar refractivity (Wildman–Crippen MR) is 100 cm³/mol. The molecule has 1 aromatic rings. The second-order valence-corrected chi connectivity index (χ2v) is 9.46. The number of carbonyl (C=O) groups excluding carboxylic acids is 1. The first kappa shape index (κ1) is 16.8. The van der Waals surface area contributed by atoms with Crippen LogP contribution in [-0.4, -0.2) is 60.3 Å². The van der Waals surface area contributed by atoms with E-state index in [9.17, 15) is 4.79 Å². The normalized spacial score (nSPS) is 26.5. The van der Waals surface area contributed by atoms with Crippen LogP contribution in [0.2, 0.25) is 0 Å². The van der Waals surface area contributed by atoms with Gasteiger partial charge in [-0.1, -0.05) is 0 Å². The fourth-order valence-electron chi connectivity index (χ4n) is 3.96. The fraction of sp³-hybridized carbons (Fsp3) is 0.650. The quantitative estimate of drug-likeness (QED) is 0.810. The number of ether oxygens (including phenoxy) is 3. The largest absolute Gasteiger partial charge is 0.490 e. The Hall–Kier alpha value is -1.40. The van der Waals surface area contributed by atoms with Crippen LogP contribution in [0.5, 0.6) is 11.5 Å². The standard InChI is InChI=1S/C20H25NO4S/c22-19(15-4-5-17-18(8-15)24-7-1-6-23-17)21-12-20(13-21)9-16(11-26-20)25-10-14-2-3-14/h4-5,8,14,16H,1-3,6-7,9-13H2/t16-/m1/s1. The van der Waals surface area contributed by atoms with Gasteiger partial charge in [0.15, 0.2) is 11.5 Å². The van der Waals surface area contributed by atoms with E-state index >= 15 is 0 Å². The second kappa shape index (κ2) is 6.64. The number of nitrogens with zero attached hydrogens (tertiary/aromatic N) is 1. The number of rotatable bonds is 4. The lowest BCUT2D eigenvalue weighted by molar-refractivity contribution is 0.0287. The molecule has 0 bridgehead atoms. The number of fused-ring (bicyclic) bond motifs is 1. The maximum Gasteiger partial charge on any atom is 0.254 e. The van der Waals surface area contributed by atoms with Gasteiger partial charge in [0, 0.05) is 37.4 Å². The summed E-state index contributed by atoms with van der Waals surface area (Å²) >= 11 is 1.99. The van der Waals surface area contributed by atoms with Crippen molar-refractivity contribution in [1.29, 1.82) is 0 Å². The van der Waals surface area contributed by atoms with E-state index in [1.165, 1.54) is 12.8 Å². The summed E-state index contributed by atoms with van der Waals surface area (Å²) in [6.07, 6.45) is 4.99. The predicted octanol–water partition coefficient (Wildman–Crippen LogP) is 2.97. The van der Waals surface area contributed by atoms with Gasteiger partial charge in [-0.3, -0.25) is 4.79 Å². The summed E-state index contributed by atoms with van der Waals surface area (Å²) in [7, 11) is 0. The molecule has 1 atom stereocenters. The molecule has 5 nitrogen and oxygen atoms in total. The molecule has 1 saturated carbocycles. The van der Waals surface area contributed by atoms with Crippen molar-refractivity contribution in [2.45, 2.75) is 36.5 Å². The monoisotopic (exact) mass is 375 g/mol. The molecule has 6 heteroatoms. The highest BCUT2D eigenvalue weighted by molar-refractivity contribution is 8.01. The maximum atomic E-state index is 12.8. The van der Waals surface area contributed by atoms with Crippen LogP contribution in [0.1, 0.15) is 36.0 Å². The van der Waals surface area contributed by atoms with Crippen LogP contribution >= 0.6 is 11.8 Å². The van der Waals surface area contributed by atoms with Gasteiger partial charge in [0.2, 0.25) is 0 Å². The Balaban J connectivity index is 1.18. The third-order valence-electron chi connectivity index (χ3n) is 5.68. The van der Waals surface area contributed by atoms with Gasteiger partial charge in [-0.15, -0.1) is 11.8 Å². The van der Waals surface area contributed by atoms with Crippen molar-refractivity contribution in [2.24, 2.45) is 5.92 Å². The number of carbonyl (C=O) groups is 1. The Kier molecular flexibility index (Phi) is 4.28. The topological polar surface area (TPSA) is 48.0 Å². The average Bonchev–Trinajstić information content (AvgIpc) is 3.40. The smallest absolute Gasteiger partial charge is 0.254 e. The van der Waals surface area contributed by atoms with Crippen molar-refractivity contribution in [3.05, 3.63) is 23.8 Å². The van der Waals surface area contributed by atoms with Crippen molar-refractivity contribution in [1.82, 2.24) is 4.90 Å². The van der Waals surface area contributed by atoms with E-state index in [1.54, 1.807) is 0 Å². The SMILES string of the molecule is O=C(c1ccc2c(c1)OCCCO2)N1CC2(C[C@@H](OCC3CC3)CS2)C1. The van der Waals surface area contributed by atoms with Gasteiger partial charge in [-0.25, -0.2) is 0 Å². The molecule has 1 amide bonds. The number of amides is 1. The van der Waals surface area contributed by atoms with Crippen molar-refractivity contribution < 1.29 is 19.0 Å². The highest BCUT2D eigenvalue weighted by Crippen LogP contribution is 2.47. The molecule has 1 spiro atoms. The van der Waals surface area contributed by atoms with Gasteiger partial charge >= 0.3 is 0 Å². The fourth-order valence-corrected chi connectivity index (χ4v) is 5.51. The molecular formula is C20H25NO4S. The minimum atomic E-state index is 0.0919. The highest BCUT2D eigenvalue weighted by Gasteiger charge is 2.51.